The van der Waals surface area contributed by atoms with Crippen molar-refractivity contribution in [3.8, 4) is 17.0 Å². The lowest BCUT2D eigenvalue weighted by molar-refractivity contribution is 0.415. The summed E-state index contributed by atoms with van der Waals surface area (Å²) in [7, 11) is 1.64. The smallest absolute Gasteiger partial charge is 0.256 e. The molecule has 0 amide bonds. The van der Waals surface area contributed by atoms with Crippen LogP contribution in [-0.2, 0) is 6.54 Å². The van der Waals surface area contributed by atoms with E-state index in [0.29, 0.717) is 5.56 Å². The van der Waals surface area contributed by atoms with Crippen molar-refractivity contribution in [2.75, 3.05) is 7.11 Å². The molecule has 0 aliphatic carbocycles. The number of nitrogens with zero attached hydrogens (tertiary/aromatic N) is 1. The molecule has 112 valence electrons. The third-order valence-corrected chi connectivity index (χ3v) is 3.67. The highest BCUT2D eigenvalue weighted by Gasteiger charge is 2.15. The first kappa shape index (κ1) is 15.3. The summed E-state index contributed by atoms with van der Waals surface area (Å²) < 4.78 is 6.98. The average molecular weight is 286 g/mol. The Bertz CT molecular complexity index is 685. The lowest BCUT2D eigenvalue weighted by atomic mass is 10.0. The van der Waals surface area contributed by atoms with Gasteiger partial charge in [-0.2, -0.15) is 0 Å². The van der Waals surface area contributed by atoms with Crippen LogP contribution in [0, 0.1) is 6.92 Å². The SMILES string of the molecule is COc1ccc(-c2cc(C)c(CN)c(=O)n2C(C)C)cc1. The first-order valence-electron chi connectivity index (χ1n) is 7.09. The van der Waals surface area contributed by atoms with Gasteiger partial charge >= 0.3 is 0 Å². The number of aryl methyl sites for hydroxylation is 1. The maximum absolute atomic E-state index is 12.6. The highest BCUT2D eigenvalue weighted by Crippen LogP contribution is 2.25. The predicted octanol–water partition coefficient (Wildman–Crippen LogP) is 2.87. The van der Waals surface area contributed by atoms with Gasteiger partial charge in [0.2, 0.25) is 0 Å². The summed E-state index contributed by atoms with van der Waals surface area (Å²) >= 11 is 0. The molecule has 0 saturated heterocycles. The van der Waals surface area contributed by atoms with Crippen molar-refractivity contribution in [1.82, 2.24) is 4.57 Å². The highest BCUT2D eigenvalue weighted by atomic mass is 16.5. The summed E-state index contributed by atoms with van der Waals surface area (Å²) in [5.74, 6) is 0.799. The van der Waals surface area contributed by atoms with Crippen molar-refractivity contribution in [2.24, 2.45) is 5.73 Å². The molecular weight excluding hydrogens is 264 g/mol. The minimum absolute atomic E-state index is 0.00156. The third-order valence-electron chi connectivity index (χ3n) is 3.67. The maximum atomic E-state index is 12.6. The second-order valence-electron chi connectivity index (χ2n) is 5.39. The lowest BCUT2D eigenvalue weighted by Crippen LogP contribution is -2.29. The Morgan fingerprint density at radius 1 is 1.24 bits per heavy atom. The monoisotopic (exact) mass is 286 g/mol. The highest BCUT2D eigenvalue weighted by molar-refractivity contribution is 5.62. The normalized spacial score (nSPS) is 11.0. The predicted molar refractivity (Wildman–Crippen MR) is 85.7 cm³/mol. The zero-order chi connectivity index (χ0) is 15.6. The topological polar surface area (TPSA) is 57.2 Å². The molecule has 0 radical (unpaired) electrons. The van der Waals surface area contributed by atoms with E-state index in [-0.39, 0.29) is 18.1 Å². The first-order chi connectivity index (χ1) is 9.99. The Morgan fingerprint density at radius 3 is 2.33 bits per heavy atom. The summed E-state index contributed by atoms with van der Waals surface area (Å²) in [5, 5.41) is 0. The van der Waals surface area contributed by atoms with E-state index in [1.165, 1.54) is 0 Å². The summed E-state index contributed by atoms with van der Waals surface area (Å²) in [6, 6.07) is 9.83. The van der Waals surface area contributed by atoms with E-state index in [9.17, 15) is 4.79 Å². The fourth-order valence-corrected chi connectivity index (χ4v) is 2.53. The van der Waals surface area contributed by atoms with Crippen LogP contribution in [0.1, 0.15) is 31.0 Å². The molecule has 0 spiro atoms. The second-order valence-corrected chi connectivity index (χ2v) is 5.39. The number of ether oxygens (including phenoxy) is 1. The number of hydrogen-bond acceptors (Lipinski definition) is 3. The Kier molecular flexibility index (Phi) is 4.48. The number of methoxy groups -OCH3 is 1. The van der Waals surface area contributed by atoms with E-state index in [1.807, 2.05) is 51.1 Å². The van der Waals surface area contributed by atoms with E-state index in [1.54, 1.807) is 11.7 Å². The minimum atomic E-state index is -0.00156. The molecule has 0 saturated carbocycles. The van der Waals surface area contributed by atoms with Crippen LogP contribution in [-0.4, -0.2) is 11.7 Å². The molecule has 2 aromatic rings. The van der Waals surface area contributed by atoms with Crippen molar-refractivity contribution >= 4 is 0 Å². The van der Waals surface area contributed by atoms with Gasteiger partial charge in [-0.05, 0) is 62.2 Å². The Labute approximate surface area is 125 Å². The molecule has 0 bridgehead atoms. The van der Waals surface area contributed by atoms with Gasteiger partial charge in [0, 0.05) is 18.2 Å². The molecule has 1 aromatic heterocycles. The van der Waals surface area contributed by atoms with Gasteiger partial charge in [0.05, 0.1) is 12.8 Å². The van der Waals surface area contributed by atoms with E-state index in [2.05, 4.69) is 0 Å². The second kappa shape index (κ2) is 6.14. The first-order valence-corrected chi connectivity index (χ1v) is 7.09. The molecule has 4 nitrogen and oxygen atoms in total. The molecule has 21 heavy (non-hydrogen) atoms. The molecule has 2 N–H and O–H groups in total. The van der Waals surface area contributed by atoms with Crippen molar-refractivity contribution in [3.05, 3.63) is 51.8 Å². The van der Waals surface area contributed by atoms with Crippen LogP contribution >= 0.6 is 0 Å². The summed E-state index contributed by atoms with van der Waals surface area (Å²) in [6.07, 6.45) is 0. The minimum Gasteiger partial charge on any atom is -0.497 e. The number of aromatic nitrogens is 1. The quantitative estimate of drug-likeness (QED) is 0.940. The molecule has 0 atom stereocenters. The Hall–Kier alpha value is -2.07. The van der Waals surface area contributed by atoms with Crippen molar-refractivity contribution in [2.45, 2.75) is 33.4 Å². The third kappa shape index (κ3) is 2.85. The van der Waals surface area contributed by atoms with Gasteiger partial charge in [-0.3, -0.25) is 4.79 Å². The van der Waals surface area contributed by atoms with Gasteiger partial charge in [0.1, 0.15) is 5.75 Å². The zero-order valence-corrected chi connectivity index (χ0v) is 13.0. The fourth-order valence-electron chi connectivity index (χ4n) is 2.53. The number of pyridine rings is 1. The molecule has 0 aliphatic heterocycles. The maximum Gasteiger partial charge on any atom is 0.256 e. The standard InChI is InChI=1S/C17H22N2O2/c1-11(2)19-16(9-12(3)15(10-18)17(19)20)13-5-7-14(21-4)8-6-13/h5-9,11H,10,18H2,1-4H3. The van der Waals surface area contributed by atoms with Gasteiger partial charge in [-0.15, -0.1) is 0 Å². The van der Waals surface area contributed by atoms with Gasteiger partial charge in [-0.1, -0.05) is 0 Å². The van der Waals surface area contributed by atoms with Gasteiger partial charge in [0.25, 0.3) is 5.56 Å². The summed E-state index contributed by atoms with van der Waals surface area (Å²) in [5.41, 5.74) is 9.24. The van der Waals surface area contributed by atoms with Crippen LogP contribution < -0.4 is 16.0 Å². The van der Waals surface area contributed by atoms with Crippen LogP contribution in [0.25, 0.3) is 11.3 Å². The zero-order valence-electron chi connectivity index (χ0n) is 13.0. The summed E-state index contributed by atoms with van der Waals surface area (Å²) in [6.45, 7) is 6.20. The molecule has 2 rings (SSSR count). The van der Waals surface area contributed by atoms with E-state index in [0.717, 1.165) is 22.6 Å². The number of nitrogens with two attached hydrogens (primary N) is 1. The summed E-state index contributed by atoms with van der Waals surface area (Å²) in [4.78, 5) is 12.6. The molecule has 1 aromatic carbocycles. The van der Waals surface area contributed by atoms with E-state index >= 15 is 0 Å². The van der Waals surface area contributed by atoms with Crippen molar-refractivity contribution in [1.29, 1.82) is 0 Å². The van der Waals surface area contributed by atoms with Crippen LogP contribution in [0.2, 0.25) is 0 Å². The van der Waals surface area contributed by atoms with Gasteiger partial charge < -0.3 is 15.0 Å². The molecule has 4 heteroatoms. The van der Waals surface area contributed by atoms with Crippen molar-refractivity contribution < 1.29 is 4.74 Å². The number of rotatable bonds is 4. The molecule has 0 fully saturated rings. The van der Waals surface area contributed by atoms with Crippen molar-refractivity contribution in [3.63, 3.8) is 0 Å². The van der Waals surface area contributed by atoms with Crippen LogP contribution in [0.5, 0.6) is 5.75 Å². The fraction of sp³-hybridized carbons (Fsp3) is 0.353. The molecule has 0 unspecified atom stereocenters. The Balaban J connectivity index is 2.69. The van der Waals surface area contributed by atoms with Crippen LogP contribution in [0.15, 0.2) is 35.1 Å². The molecular formula is C17H22N2O2. The van der Waals surface area contributed by atoms with E-state index in [4.69, 9.17) is 10.5 Å². The molecule has 1 heterocycles. The largest absolute Gasteiger partial charge is 0.497 e. The average Bonchev–Trinajstić information content (AvgIpc) is 2.46. The molecule has 0 aliphatic rings. The number of benzene rings is 1. The van der Waals surface area contributed by atoms with Gasteiger partial charge in [0.15, 0.2) is 0 Å². The Morgan fingerprint density at radius 2 is 1.86 bits per heavy atom. The van der Waals surface area contributed by atoms with Crippen LogP contribution in [0.4, 0.5) is 0 Å². The lowest BCUT2D eigenvalue weighted by Gasteiger charge is -2.19. The van der Waals surface area contributed by atoms with E-state index < -0.39 is 0 Å². The van der Waals surface area contributed by atoms with Gasteiger partial charge in [-0.25, -0.2) is 0 Å². The number of hydrogen-bond donors (Lipinski definition) is 1. The van der Waals surface area contributed by atoms with Crippen LogP contribution in [0.3, 0.4) is 0 Å².